The van der Waals surface area contributed by atoms with Crippen LogP contribution in [0.1, 0.15) is 25.3 Å². The predicted molar refractivity (Wildman–Crippen MR) is 119 cm³/mol. The Morgan fingerprint density at radius 2 is 1.94 bits per heavy atom. The van der Waals surface area contributed by atoms with E-state index >= 15 is 0 Å². The Morgan fingerprint density at radius 3 is 2.56 bits per heavy atom. The Morgan fingerprint density at radius 1 is 1.29 bits per heavy atom. The largest absolute Gasteiger partial charge is 0.485 e. The summed E-state index contributed by atoms with van der Waals surface area (Å²) in [5.74, 6) is 0.308. The second-order valence-corrected chi connectivity index (χ2v) is 8.61. The zero-order valence-electron chi connectivity index (χ0n) is 18.5. The number of carbonyl (C=O) groups is 1. The number of nitrogens with one attached hydrogen (secondary N) is 1. The van der Waals surface area contributed by atoms with E-state index in [4.69, 9.17) is 9.47 Å². The first-order valence-corrected chi connectivity index (χ1v) is 11.2. The van der Waals surface area contributed by atoms with Crippen molar-refractivity contribution in [2.45, 2.75) is 38.1 Å². The fraction of sp³-hybridized carbons (Fsp3) is 0.550. The van der Waals surface area contributed by atoms with Crippen LogP contribution in [0, 0.1) is 0 Å². The lowest BCUT2D eigenvalue weighted by Gasteiger charge is -2.36. The molecule has 1 N–H and O–H groups in total. The predicted octanol–water partition coefficient (Wildman–Crippen LogP) is 2.25. The van der Waals surface area contributed by atoms with Gasteiger partial charge in [-0.15, -0.1) is 0 Å². The molecule has 1 amide bonds. The van der Waals surface area contributed by atoms with Gasteiger partial charge in [-0.05, 0) is 35.7 Å². The van der Waals surface area contributed by atoms with E-state index in [1.54, 1.807) is 23.8 Å². The maximum Gasteiger partial charge on any atom is 0.419 e. The molecular weight excluding hydrogens is 525 g/mol. The monoisotopic (exact) mass is 548 g/mol. The molecule has 1 fully saturated rings. The lowest BCUT2D eigenvalue weighted by Crippen LogP contribution is -2.47. The lowest BCUT2D eigenvalue weighted by atomic mass is 10.0. The number of aromatic nitrogens is 4. The number of carbonyl (C=O) groups excluding carboxylic acids is 1. The molecule has 2 aromatic rings. The molecule has 1 atom stereocenters. The number of hydrogen-bond acceptors (Lipinski definition) is 8. The van der Waals surface area contributed by atoms with Crippen LogP contribution in [0.25, 0.3) is 0 Å². The van der Waals surface area contributed by atoms with Crippen molar-refractivity contribution < 1.29 is 27.4 Å². The first-order valence-electron chi connectivity index (χ1n) is 10.4. The van der Waals surface area contributed by atoms with Crippen molar-refractivity contribution in [1.82, 2.24) is 25.1 Å². The molecule has 2 aromatic heterocycles. The van der Waals surface area contributed by atoms with Crippen LogP contribution in [0.2, 0.25) is 0 Å². The summed E-state index contributed by atoms with van der Waals surface area (Å²) in [6.07, 6.45) is -0.747. The van der Waals surface area contributed by atoms with Crippen LogP contribution in [0.5, 0.6) is 5.75 Å². The topological polar surface area (TPSA) is 114 Å². The van der Waals surface area contributed by atoms with Crippen molar-refractivity contribution in [3.05, 3.63) is 39.0 Å². The minimum atomic E-state index is -4.48. The molecule has 0 saturated carbocycles. The summed E-state index contributed by atoms with van der Waals surface area (Å²) in [5, 5.41) is 5.94. The van der Waals surface area contributed by atoms with Crippen LogP contribution in [-0.2, 0) is 15.7 Å². The Balaban J connectivity index is 1.41. The first kappa shape index (κ1) is 25.9. The Hall–Kier alpha value is -2.74. The van der Waals surface area contributed by atoms with E-state index in [1.165, 1.54) is 6.20 Å². The maximum absolute atomic E-state index is 12.7. The van der Waals surface area contributed by atoms with E-state index in [1.807, 2.05) is 0 Å². The fourth-order valence-corrected chi connectivity index (χ4v) is 3.69. The standard InChI is InChI=1S/C20H24BrF3N6O4/c1-12(34-15-9-27-28-18(32)17(15)21)10-33-11-16(31)29(2)14-3-5-30(6-4-14)19-25-7-13(8-26-19)20(22,23)24/h7-9,12,14H,3-6,10-11H2,1-2H3,(H,28,32). The van der Waals surface area contributed by atoms with Gasteiger partial charge < -0.3 is 19.3 Å². The molecule has 1 saturated heterocycles. The lowest BCUT2D eigenvalue weighted by molar-refractivity contribution is -0.138. The van der Waals surface area contributed by atoms with Gasteiger partial charge in [-0.25, -0.2) is 15.1 Å². The number of anilines is 1. The average molecular weight is 549 g/mol. The van der Waals surface area contributed by atoms with Crippen molar-refractivity contribution in [2.24, 2.45) is 0 Å². The number of H-pyrrole nitrogens is 1. The van der Waals surface area contributed by atoms with Crippen LogP contribution >= 0.6 is 15.9 Å². The van der Waals surface area contributed by atoms with Crippen LogP contribution in [0.15, 0.2) is 27.9 Å². The number of ether oxygens (including phenoxy) is 2. The van der Waals surface area contributed by atoms with Gasteiger partial charge in [0.1, 0.15) is 17.2 Å². The summed E-state index contributed by atoms with van der Waals surface area (Å²) in [7, 11) is 1.69. The van der Waals surface area contributed by atoms with Crippen molar-refractivity contribution in [3.63, 3.8) is 0 Å². The number of amides is 1. The van der Waals surface area contributed by atoms with Crippen LogP contribution < -0.4 is 15.2 Å². The third kappa shape index (κ3) is 6.65. The number of halogens is 4. The van der Waals surface area contributed by atoms with Crippen molar-refractivity contribution in [3.8, 4) is 5.75 Å². The summed E-state index contributed by atoms with van der Waals surface area (Å²) in [6.45, 7) is 2.75. The molecule has 14 heteroatoms. The van der Waals surface area contributed by atoms with E-state index in [2.05, 4.69) is 36.1 Å². The third-order valence-corrected chi connectivity index (χ3v) is 6.07. The van der Waals surface area contributed by atoms with Crippen molar-refractivity contribution in [1.29, 1.82) is 0 Å². The Kier molecular flexibility index (Phi) is 8.47. The van der Waals surface area contributed by atoms with Gasteiger partial charge in [-0.2, -0.15) is 18.3 Å². The van der Waals surface area contributed by atoms with Crippen molar-refractivity contribution >= 4 is 27.8 Å². The summed E-state index contributed by atoms with van der Waals surface area (Å²) in [5.41, 5.74) is -1.31. The molecule has 0 bridgehead atoms. The van der Waals surface area contributed by atoms with Gasteiger partial charge in [0.25, 0.3) is 5.56 Å². The van der Waals surface area contributed by atoms with Gasteiger partial charge in [0.2, 0.25) is 11.9 Å². The third-order valence-electron chi connectivity index (χ3n) is 5.32. The molecule has 34 heavy (non-hydrogen) atoms. The van der Waals surface area contributed by atoms with Gasteiger partial charge in [0.15, 0.2) is 5.75 Å². The number of nitrogens with zero attached hydrogens (tertiary/aromatic N) is 5. The SMILES string of the molecule is CC(COCC(=O)N(C)C1CCN(c2ncc(C(F)(F)F)cn2)CC1)Oc1cn[nH]c(=O)c1Br. The molecule has 0 aliphatic carbocycles. The highest BCUT2D eigenvalue weighted by Gasteiger charge is 2.32. The zero-order valence-corrected chi connectivity index (χ0v) is 20.1. The highest BCUT2D eigenvalue weighted by Crippen LogP contribution is 2.29. The molecule has 0 spiro atoms. The summed E-state index contributed by atoms with van der Waals surface area (Å²) in [6, 6.07) is -0.0338. The number of alkyl halides is 3. The Bertz CT molecular complexity index is 1030. The number of aromatic amines is 1. The van der Waals surface area contributed by atoms with Crippen LogP contribution in [0.3, 0.4) is 0 Å². The van der Waals surface area contributed by atoms with Crippen molar-refractivity contribution in [2.75, 3.05) is 38.3 Å². The second-order valence-electron chi connectivity index (χ2n) is 7.81. The summed E-state index contributed by atoms with van der Waals surface area (Å²) < 4.78 is 49.3. The van der Waals surface area contributed by atoms with Gasteiger partial charge >= 0.3 is 6.18 Å². The highest BCUT2D eigenvalue weighted by atomic mass is 79.9. The van der Waals surface area contributed by atoms with E-state index in [0.29, 0.717) is 25.9 Å². The molecular formula is C20H24BrF3N6O4. The number of likely N-dealkylation sites (N-methyl/N-ethyl adjacent to an activating group) is 1. The normalized spacial score (nSPS) is 15.8. The molecule has 0 radical (unpaired) electrons. The molecule has 0 aromatic carbocycles. The summed E-state index contributed by atoms with van der Waals surface area (Å²) >= 11 is 3.13. The Labute approximate surface area is 201 Å². The first-order chi connectivity index (χ1) is 16.1. The quantitative estimate of drug-likeness (QED) is 0.534. The molecule has 1 aliphatic heterocycles. The molecule has 3 heterocycles. The molecule has 1 aliphatic rings. The van der Waals surface area contributed by atoms with E-state index in [9.17, 15) is 22.8 Å². The van der Waals surface area contributed by atoms with E-state index in [-0.39, 0.29) is 41.3 Å². The van der Waals surface area contributed by atoms with Gasteiger partial charge in [-0.1, -0.05) is 0 Å². The van der Waals surface area contributed by atoms with Gasteiger partial charge in [-0.3, -0.25) is 9.59 Å². The van der Waals surface area contributed by atoms with Crippen LogP contribution in [0.4, 0.5) is 19.1 Å². The van der Waals surface area contributed by atoms with Crippen LogP contribution in [-0.4, -0.2) is 76.5 Å². The maximum atomic E-state index is 12.7. The second kappa shape index (κ2) is 11.1. The number of piperidine rings is 1. The molecule has 3 rings (SSSR count). The highest BCUT2D eigenvalue weighted by molar-refractivity contribution is 9.10. The minimum absolute atomic E-state index is 0.0338. The molecule has 10 nitrogen and oxygen atoms in total. The minimum Gasteiger partial charge on any atom is -0.485 e. The average Bonchev–Trinajstić information content (AvgIpc) is 2.81. The number of hydrogen-bond donors (Lipinski definition) is 1. The van der Waals surface area contributed by atoms with Gasteiger partial charge in [0, 0.05) is 38.6 Å². The number of rotatable bonds is 8. The van der Waals surface area contributed by atoms with Gasteiger partial charge in [0.05, 0.1) is 18.4 Å². The van der Waals surface area contributed by atoms with E-state index < -0.39 is 23.4 Å². The summed E-state index contributed by atoms with van der Waals surface area (Å²) in [4.78, 5) is 35.1. The molecule has 186 valence electrons. The molecule has 1 unspecified atom stereocenters. The fourth-order valence-electron chi connectivity index (χ4n) is 3.40. The zero-order chi connectivity index (χ0) is 24.9. The van der Waals surface area contributed by atoms with E-state index in [0.717, 1.165) is 12.4 Å². The smallest absolute Gasteiger partial charge is 0.419 e.